The van der Waals surface area contributed by atoms with E-state index in [0.717, 1.165) is 44.0 Å². The van der Waals surface area contributed by atoms with Crippen molar-refractivity contribution in [3.8, 4) is 0 Å². The quantitative estimate of drug-likeness (QED) is 0.774. The zero-order valence-corrected chi connectivity index (χ0v) is 16.3. The summed E-state index contributed by atoms with van der Waals surface area (Å²) in [6.45, 7) is 5.45. The lowest BCUT2D eigenvalue weighted by Gasteiger charge is -2.35. The van der Waals surface area contributed by atoms with Crippen LogP contribution in [-0.2, 0) is 16.1 Å². The molecule has 26 heavy (non-hydrogen) atoms. The third kappa shape index (κ3) is 5.02. The Labute approximate surface area is 158 Å². The van der Waals surface area contributed by atoms with Gasteiger partial charge in [0, 0.05) is 51.8 Å². The van der Waals surface area contributed by atoms with Crippen LogP contribution in [0.1, 0.15) is 41.2 Å². The molecule has 3 rings (SSSR count). The molecule has 1 aromatic rings. The maximum absolute atomic E-state index is 12.6. The Balaban J connectivity index is 1.45. The third-order valence-corrected chi connectivity index (χ3v) is 5.84. The van der Waals surface area contributed by atoms with E-state index in [4.69, 9.17) is 4.74 Å². The number of methoxy groups -OCH3 is 1. The van der Waals surface area contributed by atoms with Crippen LogP contribution in [0, 0.1) is 0 Å². The molecule has 2 fully saturated rings. The van der Waals surface area contributed by atoms with Gasteiger partial charge in [0.1, 0.15) is 10.7 Å². The van der Waals surface area contributed by atoms with Crippen LogP contribution in [0.5, 0.6) is 0 Å². The first-order valence-electron chi connectivity index (χ1n) is 9.40. The first-order valence-corrected chi connectivity index (χ1v) is 10.3. The Bertz CT molecular complexity index is 605. The summed E-state index contributed by atoms with van der Waals surface area (Å²) in [5.74, 6) is 0.206. The number of hydrogen-bond donors (Lipinski definition) is 0. The lowest BCUT2D eigenvalue weighted by atomic mass is 10.2. The normalized spacial score (nSPS) is 19.4. The summed E-state index contributed by atoms with van der Waals surface area (Å²) in [4.78, 5) is 35.4. The second-order valence-corrected chi connectivity index (χ2v) is 7.87. The summed E-state index contributed by atoms with van der Waals surface area (Å²) in [5, 5.41) is 2.61. The third-order valence-electron chi connectivity index (χ3n) is 5.02. The van der Waals surface area contributed by atoms with E-state index in [9.17, 15) is 9.59 Å². The summed E-state index contributed by atoms with van der Waals surface area (Å²) in [7, 11) is 1.62. The van der Waals surface area contributed by atoms with Crippen LogP contribution in [0.4, 0.5) is 0 Å². The molecule has 144 valence electrons. The molecular weight excluding hydrogens is 352 g/mol. The molecule has 0 aromatic carbocycles. The Kier molecular flexibility index (Phi) is 6.99. The van der Waals surface area contributed by atoms with Gasteiger partial charge in [-0.15, -0.1) is 11.3 Å². The number of thiazole rings is 1. The number of hydrogen-bond acceptors (Lipinski definition) is 6. The highest BCUT2D eigenvalue weighted by Crippen LogP contribution is 2.15. The van der Waals surface area contributed by atoms with Crippen LogP contribution in [0.15, 0.2) is 5.38 Å². The molecule has 0 atom stereocenters. The molecule has 2 aliphatic rings. The highest BCUT2D eigenvalue weighted by molar-refractivity contribution is 7.09. The minimum absolute atomic E-state index is 0.0258. The van der Waals surface area contributed by atoms with E-state index in [2.05, 4.69) is 9.88 Å². The molecule has 0 aliphatic carbocycles. The van der Waals surface area contributed by atoms with Crippen molar-refractivity contribution < 1.29 is 14.3 Å². The number of carbonyl (C=O) groups excluding carboxylic acids is 2. The van der Waals surface area contributed by atoms with Crippen molar-refractivity contribution in [2.24, 2.45) is 0 Å². The predicted octanol–water partition coefficient (Wildman–Crippen LogP) is 1.45. The monoisotopic (exact) mass is 380 g/mol. The summed E-state index contributed by atoms with van der Waals surface area (Å²) in [6.07, 6.45) is 4.69. The minimum atomic E-state index is -0.0258. The van der Waals surface area contributed by atoms with Gasteiger partial charge in [-0.05, 0) is 12.8 Å². The number of piperazine rings is 1. The summed E-state index contributed by atoms with van der Waals surface area (Å²) in [6, 6.07) is 0. The summed E-state index contributed by atoms with van der Waals surface area (Å²) in [5.41, 5.74) is 0.496. The van der Waals surface area contributed by atoms with E-state index in [0.29, 0.717) is 31.9 Å². The average molecular weight is 381 g/mol. The van der Waals surface area contributed by atoms with Gasteiger partial charge in [0.05, 0.1) is 13.2 Å². The lowest BCUT2D eigenvalue weighted by molar-refractivity contribution is -0.132. The number of amides is 2. The zero-order valence-electron chi connectivity index (χ0n) is 15.5. The van der Waals surface area contributed by atoms with Gasteiger partial charge < -0.3 is 14.5 Å². The Morgan fingerprint density at radius 1 is 1.04 bits per heavy atom. The highest BCUT2D eigenvalue weighted by atomic mass is 32.1. The molecule has 0 N–H and O–H groups in total. The molecule has 2 amide bonds. The lowest BCUT2D eigenvalue weighted by Crippen LogP contribution is -2.51. The molecule has 2 aliphatic heterocycles. The van der Waals surface area contributed by atoms with Gasteiger partial charge in [-0.3, -0.25) is 14.5 Å². The highest BCUT2D eigenvalue weighted by Gasteiger charge is 2.26. The van der Waals surface area contributed by atoms with Gasteiger partial charge in [0.15, 0.2) is 0 Å². The van der Waals surface area contributed by atoms with E-state index >= 15 is 0 Å². The molecule has 0 radical (unpaired) electrons. The maximum atomic E-state index is 12.6. The van der Waals surface area contributed by atoms with Gasteiger partial charge in [0.25, 0.3) is 5.91 Å². The topological polar surface area (TPSA) is 66.0 Å². The molecule has 0 saturated carbocycles. The standard InChI is InChI=1S/C18H28N4O3S/c1-25-13-16-19-15(14-26-16)18(24)22-10-8-20(9-11-22)12-17(23)21-6-4-2-3-5-7-21/h14H,2-13H2,1H3. The van der Waals surface area contributed by atoms with Crippen LogP contribution >= 0.6 is 11.3 Å². The van der Waals surface area contributed by atoms with E-state index in [1.165, 1.54) is 24.2 Å². The Morgan fingerprint density at radius 2 is 1.73 bits per heavy atom. The van der Waals surface area contributed by atoms with Crippen molar-refractivity contribution in [2.75, 3.05) is 52.9 Å². The number of likely N-dealkylation sites (tertiary alicyclic amines) is 1. The second kappa shape index (κ2) is 9.43. The van der Waals surface area contributed by atoms with E-state index in [1.54, 1.807) is 12.5 Å². The maximum Gasteiger partial charge on any atom is 0.273 e. The second-order valence-electron chi connectivity index (χ2n) is 6.92. The largest absolute Gasteiger partial charge is 0.378 e. The van der Waals surface area contributed by atoms with Crippen LogP contribution in [-0.4, -0.2) is 84.4 Å². The van der Waals surface area contributed by atoms with Crippen molar-refractivity contribution in [1.29, 1.82) is 0 Å². The SMILES string of the molecule is COCc1nc(C(=O)N2CCN(CC(=O)N3CCCCCC3)CC2)cs1. The van der Waals surface area contributed by atoms with Crippen LogP contribution < -0.4 is 0 Å². The molecule has 8 heteroatoms. The fourth-order valence-corrected chi connectivity index (χ4v) is 4.22. The zero-order chi connectivity index (χ0) is 18.4. The van der Waals surface area contributed by atoms with Crippen LogP contribution in [0.3, 0.4) is 0 Å². The van der Waals surface area contributed by atoms with Crippen LogP contribution in [0.2, 0.25) is 0 Å². The van der Waals surface area contributed by atoms with Crippen molar-refractivity contribution in [3.05, 3.63) is 16.1 Å². The molecular formula is C18H28N4O3S. The molecule has 2 saturated heterocycles. The molecule has 1 aromatic heterocycles. The smallest absolute Gasteiger partial charge is 0.273 e. The summed E-state index contributed by atoms with van der Waals surface area (Å²) >= 11 is 1.45. The van der Waals surface area contributed by atoms with Gasteiger partial charge in [-0.2, -0.15) is 0 Å². The number of ether oxygens (including phenoxy) is 1. The van der Waals surface area contributed by atoms with Crippen molar-refractivity contribution in [3.63, 3.8) is 0 Å². The molecule has 0 spiro atoms. The fraction of sp³-hybridized carbons (Fsp3) is 0.722. The van der Waals surface area contributed by atoms with Crippen molar-refractivity contribution >= 4 is 23.2 Å². The van der Waals surface area contributed by atoms with Gasteiger partial charge in [0.2, 0.25) is 5.91 Å². The van der Waals surface area contributed by atoms with E-state index in [-0.39, 0.29) is 11.8 Å². The first-order chi connectivity index (χ1) is 12.7. The van der Waals surface area contributed by atoms with E-state index in [1.807, 2.05) is 9.80 Å². The van der Waals surface area contributed by atoms with Gasteiger partial charge in [-0.1, -0.05) is 12.8 Å². The van der Waals surface area contributed by atoms with Crippen molar-refractivity contribution in [2.45, 2.75) is 32.3 Å². The summed E-state index contributed by atoms with van der Waals surface area (Å²) < 4.78 is 5.06. The van der Waals surface area contributed by atoms with Crippen molar-refractivity contribution in [1.82, 2.24) is 19.7 Å². The predicted molar refractivity (Wildman–Crippen MR) is 100 cm³/mol. The number of nitrogens with zero attached hydrogens (tertiary/aromatic N) is 4. The Morgan fingerprint density at radius 3 is 2.38 bits per heavy atom. The number of rotatable bonds is 5. The van der Waals surface area contributed by atoms with E-state index < -0.39 is 0 Å². The first kappa shape index (κ1) is 19.3. The van der Waals surface area contributed by atoms with Gasteiger partial charge >= 0.3 is 0 Å². The average Bonchev–Trinajstić information content (AvgIpc) is 2.94. The number of aromatic nitrogens is 1. The van der Waals surface area contributed by atoms with Crippen LogP contribution in [0.25, 0.3) is 0 Å². The minimum Gasteiger partial charge on any atom is -0.378 e. The molecule has 7 nitrogen and oxygen atoms in total. The molecule has 0 unspecified atom stereocenters. The number of carbonyl (C=O) groups is 2. The Hall–Kier alpha value is -1.51. The van der Waals surface area contributed by atoms with Gasteiger partial charge in [-0.25, -0.2) is 4.98 Å². The molecule has 0 bridgehead atoms. The molecule has 3 heterocycles. The fourth-order valence-electron chi connectivity index (χ4n) is 3.48.